The molecule has 2 heterocycles. The van der Waals surface area contributed by atoms with Gasteiger partial charge >= 0.3 is 0 Å². The summed E-state index contributed by atoms with van der Waals surface area (Å²) in [5, 5.41) is 13.1. The number of hydrogen-bond donors (Lipinski definition) is 0. The Morgan fingerprint density at radius 1 is 1.25 bits per heavy atom. The van der Waals surface area contributed by atoms with Crippen LogP contribution in [0.3, 0.4) is 0 Å². The first-order valence-corrected chi connectivity index (χ1v) is 7.03. The van der Waals surface area contributed by atoms with E-state index >= 15 is 0 Å². The van der Waals surface area contributed by atoms with Crippen LogP contribution in [-0.4, -0.2) is 33.4 Å². The van der Waals surface area contributed by atoms with Crippen LogP contribution in [0.4, 0.5) is 0 Å². The molecule has 0 radical (unpaired) electrons. The average Bonchev–Trinajstić information content (AvgIpc) is 3.20. The summed E-state index contributed by atoms with van der Waals surface area (Å²) in [5.41, 5.74) is 0.971. The second-order valence-electron chi connectivity index (χ2n) is 5.05. The molecule has 2 aromatic rings. The fraction of sp³-hybridized carbons (Fsp3) is 0.462. The number of hydrogen-bond acceptors (Lipinski definition) is 5. The Labute approximate surface area is 120 Å². The fourth-order valence-electron chi connectivity index (χ4n) is 2.25. The third-order valence-electron chi connectivity index (χ3n) is 3.39. The van der Waals surface area contributed by atoms with Crippen molar-refractivity contribution in [2.45, 2.75) is 25.3 Å². The molecule has 7 heteroatoms. The summed E-state index contributed by atoms with van der Waals surface area (Å²) in [6.45, 7) is 1.59. The standard InChI is InChI=1S/C13H13ClN4O2/c14-10-5-8(6-11-12(10)20-4-3-19-11)7-18-16-13(15-17-18)9-1-2-9/h5-6,9H,1-4,7H2. The van der Waals surface area contributed by atoms with Gasteiger partial charge in [0.15, 0.2) is 17.3 Å². The normalized spacial score (nSPS) is 17.2. The third-order valence-corrected chi connectivity index (χ3v) is 3.67. The second-order valence-corrected chi connectivity index (χ2v) is 5.46. The van der Waals surface area contributed by atoms with Crippen LogP contribution < -0.4 is 9.47 Å². The highest BCUT2D eigenvalue weighted by Crippen LogP contribution is 2.39. The minimum atomic E-state index is 0.507. The van der Waals surface area contributed by atoms with E-state index in [-0.39, 0.29) is 0 Å². The Balaban J connectivity index is 1.59. The van der Waals surface area contributed by atoms with E-state index in [0.29, 0.717) is 42.2 Å². The molecule has 4 rings (SSSR count). The van der Waals surface area contributed by atoms with E-state index in [1.165, 1.54) is 12.8 Å². The van der Waals surface area contributed by atoms with Crippen LogP contribution >= 0.6 is 11.6 Å². The first-order chi connectivity index (χ1) is 9.79. The summed E-state index contributed by atoms with van der Waals surface area (Å²) in [7, 11) is 0. The van der Waals surface area contributed by atoms with Gasteiger partial charge in [0.1, 0.15) is 13.2 Å². The quantitative estimate of drug-likeness (QED) is 0.866. The van der Waals surface area contributed by atoms with E-state index < -0.39 is 0 Å². The first-order valence-electron chi connectivity index (χ1n) is 6.65. The molecule has 1 aromatic carbocycles. The van der Waals surface area contributed by atoms with E-state index in [0.717, 1.165) is 11.4 Å². The molecule has 1 aromatic heterocycles. The zero-order valence-electron chi connectivity index (χ0n) is 10.8. The summed E-state index contributed by atoms with van der Waals surface area (Å²) >= 11 is 6.21. The maximum absolute atomic E-state index is 6.21. The molecule has 2 aliphatic rings. The molecule has 1 saturated carbocycles. The SMILES string of the molecule is Clc1cc(Cn2nnc(C3CC3)n2)cc2c1OCCO2. The van der Waals surface area contributed by atoms with Crippen molar-refractivity contribution in [2.24, 2.45) is 0 Å². The third kappa shape index (κ3) is 2.20. The molecule has 0 amide bonds. The molecule has 20 heavy (non-hydrogen) atoms. The fourth-order valence-corrected chi connectivity index (χ4v) is 2.53. The summed E-state index contributed by atoms with van der Waals surface area (Å²) in [5.74, 6) is 2.65. The Kier molecular flexibility index (Phi) is 2.77. The Hall–Kier alpha value is -1.82. The van der Waals surface area contributed by atoms with E-state index in [1.807, 2.05) is 12.1 Å². The van der Waals surface area contributed by atoms with Gasteiger partial charge in [0.2, 0.25) is 0 Å². The zero-order valence-corrected chi connectivity index (χ0v) is 11.5. The van der Waals surface area contributed by atoms with Crippen LogP contribution in [0.25, 0.3) is 0 Å². The molecule has 1 aliphatic heterocycles. The average molecular weight is 293 g/mol. The number of nitrogens with zero attached hydrogens (tertiary/aromatic N) is 4. The van der Waals surface area contributed by atoms with Crippen LogP contribution in [0.5, 0.6) is 11.5 Å². The number of aromatic nitrogens is 4. The molecular formula is C13H13ClN4O2. The lowest BCUT2D eigenvalue weighted by atomic mass is 10.2. The van der Waals surface area contributed by atoms with Gasteiger partial charge in [-0.3, -0.25) is 0 Å². The van der Waals surface area contributed by atoms with E-state index in [4.69, 9.17) is 21.1 Å². The van der Waals surface area contributed by atoms with Crippen molar-refractivity contribution >= 4 is 11.6 Å². The minimum absolute atomic E-state index is 0.507. The molecule has 0 bridgehead atoms. The lowest BCUT2D eigenvalue weighted by Crippen LogP contribution is -2.16. The van der Waals surface area contributed by atoms with Gasteiger partial charge in [-0.05, 0) is 35.8 Å². The number of tetrazole rings is 1. The molecule has 6 nitrogen and oxygen atoms in total. The van der Waals surface area contributed by atoms with Gasteiger partial charge < -0.3 is 9.47 Å². The van der Waals surface area contributed by atoms with Gasteiger partial charge in [0.25, 0.3) is 0 Å². The highest BCUT2D eigenvalue weighted by molar-refractivity contribution is 6.32. The van der Waals surface area contributed by atoms with Crippen LogP contribution in [0.1, 0.15) is 30.1 Å². The van der Waals surface area contributed by atoms with Gasteiger partial charge in [-0.2, -0.15) is 4.80 Å². The van der Waals surface area contributed by atoms with Crippen LogP contribution in [-0.2, 0) is 6.54 Å². The molecule has 0 N–H and O–H groups in total. The van der Waals surface area contributed by atoms with Gasteiger partial charge in [-0.25, -0.2) is 0 Å². The van der Waals surface area contributed by atoms with Crippen molar-refractivity contribution in [3.63, 3.8) is 0 Å². The smallest absolute Gasteiger partial charge is 0.179 e. The highest BCUT2D eigenvalue weighted by Gasteiger charge is 2.28. The van der Waals surface area contributed by atoms with Crippen molar-refractivity contribution in [3.8, 4) is 11.5 Å². The minimum Gasteiger partial charge on any atom is -0.486 e. The maximum Gasteiger partial charge on any atom is 0.179 e. The maximum atomic E-state index is 6.21. The molecule has 0 unspecified atom stereocenters. The first kappa shape index (κ1) is 12.0. The van der Waals surface area contributed by atoms with Gasteiger partial charge in [0.05, 0.1) is 11.6 Å². The van der Waals surface area contributed by atoms with Crippen LogP contribution in [0.15, 0.2) is 12.1 Å². The Bertz CT molecular complexity index is 654. The zero-order chi connectivity index (χ0) is 13.5. The van der Waals surface area contributed by atoms with Crippen molar-refractivity contribution in [1.29, 1.82) is 0 Å². The van der Waals surface area contributed by atoms with Gasteiger partial charge in [-0.15, -0.1) is 10.2 Å². The second kappa shape index (κ2) is 4.63. The summed E-state index contributed by atoms with van der Waals surface area (Å²) in [4.78, 5) is 1.59. The summed E-state index contributed by atoms with van der Waals surface area (Å²) in [6, 6.07) is 3.77. The Morgan fingerprint density at radius 3 is 2.95 bits per heavy atom. The number of ether oxygens (including phenoxy) is 2. The lowest BCUT2D eigenvalue weighted by molar-refractivity contribution is 0.171. The van der Waals surface area contributed by atoms with Crippen molar-refractivity contribution in [2.75, 3.05) is 13.2 Å². The van der Waals surface area contributed by atoms with Crippen LogP contribution in [0, 0.1) is 0 Å². The number of benzene rings is 1. The molecule has 1 fully saturated rings. The molecule has 1 aliphatic carbocycles. The van der Waals surface area contributed by atoms with Crippen molar-refractivity contribution in [3.05, 3.63) is 28.5 Å². The number of fused-ring (bicyclic) bond motifs is 1. The molecule has 104 valence electrons. The largest absolute Gasteiger partial charge is 0.486 e. The molecule has 0 saturated heterocycles. The van der Waals surface area contributed by atoms with Crippen LogP contribution in [0.2, 0.25) is 5.02 Å². The topological polar surface area (TPSA) is 62.1 Å². The lowest BCUT2D eigenvalue weighted by Gasteiger charge is -2.20. The molecule has 0 atom stereocenters. The number of halogens is 1. The highest BCUT2D eigenvalue weighted by atomic mass is 35.5. The van der Waals surface area contributed by atoms with E-state index in [9.17, 15) is 0 Å². The molecule has 0 spiro atoms. The predicted octanol–water partition coefficient (Wildman–Crippen LogP) is 2.02. The van der Waals surface area contributed by atoms with E-state index in [1.54, 1.807) is 4.80 Å². The molecular weight excluding hydrogens is 280 g/mol. The van der Waals surface area contributed by atoms with Gasteiger partial charge in [-0.1, -0.05) is 11.6 Å². The van der Waals surface area contributed by atoms with E-state index in [2.05, 4.69) is 15.4 Å². The van der Waals surface area contributed by atoms with Crippen molar-refractivity contribution in [1.82, 2.24) is 20.2 Å². The van der Waals surface area contributed by atoms with Gasteiger partial charge in [0, 0.05) is 5.92 Å². The monoisotopic (exact) mass is 292 g/mol. The summed E-state index contributed by atoms with van der Waals surface area (Å²) < 4.78 is 11.1. The summed E-state index contributed by atoms with van der Waals surface area (Å²) in [6.07, 6.45) is 2.34. The Morgan fingerprint density at radius 2 is 2.10 bits per heavy atom. The number of rotatable bonds is 3. The predicted molar refractivity (Wildman–Crippen MR) is 71.3 cm³/mol. The van der Waals surface area contributed by atoms with Crippen molar-refractivity contribution < 1.29 is 9.47 Å².